The van der Waals surface area contributed by atoms with Crippen molar-refractivity contribution in [1.82, 2.24) is 5.32 Å². The number of nitrogens with one attached hydrogen (secondary N) is 1. The third-order valence-corrected chi connectivity index (χ3v) is 4.05. The molecule has 118 valence electrons. The number of piperazine rings is 1. The van der Waals surface area contributed by atoms with Crippen LogP contribution >= 0.6 is 0 Å². The van der Waals surface area contributed by atoms with E-state index in [0.29, 0.717) is 6.54 Å². The molecule has 1 amide bonds. The van der Waals surface area contributed by atoms with E-state index in [1.165, 1.54) is 0 Å². The molecule has 2 aliphatic heterocycles. The maximum Gasteiger partial charge on any atom is 0.268 e. The lowest BCUT2D eigenvalue weighted by atomic mass is 10.1. The fourth-order valence-corrected chi connectivity index (χ4v) is 3.04. The summed E-state index contributed by atoms with van der Waals surface area (Å²) in [6.45, 7) is 12.0. The van der Waals surface area contributed by atoms with Crippen molar-refractivity contribution in [1.29, 1.82) is 0 Å². The average molecular weight is 301 g/mol. The third kappa shape index (κ3) is 2.68. The molecule has 3 rings (SSSR count). The van der Waals surface area contributed by atoms with Crippen molar-refractivity contribution in [2.24, 2.45) is 0 Å². The summed E-state index contributed by atoms with van der Waals surface area (Å²) < 4.78 is 5.82. The lowest BCUT2D eigenvalue weighted by molar-refractivity contribution is -0.125. The Kier molecular flexibility index (Phi) is 4.07. The van der Waals surface area contributed by atoms with Crippen LogP contribution in [0.15, 0.2) is 30.4 Å². The van der Waals surface area contributed by atoms with Gasteiger partial charge in [0.05, 0.1) is 5.69 Å². The maximum atomic E-state index is 12.6. The number of ether oxygens (including phenoxy) is 1. The van der Waals surface area contributed by atoms with E-state index in [0.717, 1.165) is 48.9 Å². The van der Waals surface area contributed by atoms with Crippen molar-refractivity contribution in [2.75, 3.05) is 42.5 Å². The average Bonchev–Trinajstić information content (AvgIpc) is 2.51. The van der Waals surface area contributed by atoms with Crippen LogP contribution in [0, 0.1) is 0 Å². The van der Waals surface area contributed by atoms with Gasteiger partial charge in [-0.25, -0.2) is 0 Å². The molecule has 2 aliphatic rings. The van der Waals surface area contributed by atoms with E-state index in [1.54, 1.807) is 6.92 Å². The van der Waals surface area contributed by atoms with Crippen LogP contribution in [-0.2, 0) is 4.79 Å². The second kappa shape index (κ2) is 6.01. The Labute approximate surface area is 131 Å². The Balaban J connectivity index is 2.05. The molecule has 1 N–H and O–H groups in total. The van der Waals surface area contributed by atoms with Gasteiger partial charge in [0, 0.05) is 32.7 Å². The van der Waals surface area contributed by atoms with Gasteiger partial charge in [-0.05, 0) is 26.0 Å². The molecule has 1 fully saturated rings. The Bertz CT molecular complexity index is 594. The number of carbonyl (C=O) groups is 1. The Morgan fingerprint density at radius 3 is 2.82 bits per heavy atom. The number of rotatable bonds is 3. The molecule has 0 bridgehead atoms. The van der Waals surface area contributed by atoms with E-state index in [1.807, 2.05) is 24.0 Å². The molecule has 0 spiro atoms. The molecule has 1 aromatic rings. The maximum absolute atomic E-state index is 12.6. The fourth-order valence-electron chi connectivity index (χ4n) is 3.04. The van der Waals surface area contributed by atoms with Crippen molar-refractivity contribution in [3.05, 3.63) is 30.4 Å². The minimum atomic E-state index is -0.454. The van der Waals surface area contributed by atoms with Gasteiger partial charge in [-0.1, -0.05) is 18.2 Å². The first-order chi connectivity index (χ1) is 10.6. The number of nitrogens with zero attached hydrogens (tertiary/aromatic N) is 2. The number of hydrogen-bond acceptors (Lipinski definition) is 4. The van der Waals surface area contributed by atoms with Crippen LogP contribution in [0.3, 0.4) is 0 Å². The van der Waals surface area contributed by atoms with Gasteiger partial charge in [-0.2, -0.15) is 0 Å². The zero-order valence-electron chi connectivity index (χ0n) is 13.3. The van der Waals surface area contributed by atoms with E-state index >= 15 is 0 Å². The fraction of sp³-hybridized carbons (Fsp3) is 0.471. The molecular weight excluding hydrogens is 278 g/mol. The highest BCUT2D eigenvalue weighted by atomic mass is 16.5. The SMILES string of the molecule is C=C(C)CN1C(=O)C(C)Oc2cccc(N3CCNCC3)c21. The van der Waals surface area contributed by atoms with Gasteiger partial charge in [-0.15, -0.1) is 0 Å². The normalized spacial score (nSPS) is 21.4. The van der Waals surface area contributed by atoms with Crippen LogP contribution in [-0.4, -0.2) is 44.7 Å². The lowest BCUT2D eigenvalue weighted by Gasteiger charge is -2.38. The predicted molar refractivity (Wildman–Crippen MR) is 88.8 cm³/mol. The van der Waals surface area contributed by atoms with Crippen LogP contribution < -0.4 is 19.9 Å². The van der Waals surface area contributed by atoms with Gasteiger partial charge in [0.2, 0.25) is 0 Å². The highest BCUT2D eigenvalue weighted by Crippen LogP contribution is 2.42. The van der Waals surface area contributed by atoms with Gasteiger partial charge in [0.25, 0.3) is 5.91 Å². The molecule has 0 aromatic heterocycles. The minimum Gasteiger partial charge on any atom is -0.479 e. The largest absolute Gasteiger partial charge is 0.479 e. The van der Waals surface area contributed by atoms with Gasteiger partial charge in [0.15, 0.2) is 6.10 Å². The second-order valence-electron chi connectivity index (χ2n) is 6.00. The van der Waals surface area contributed by atoms with Crippen LogP contribution in [0.2, 0.25) is 0 Å². The number of para-hydroxylation sites is 1. The monoisotopic (exact) mass is 301 g/mol. The zero-order chi connectivity index (χ0) is 15.7. The molecule has 0 aliphatic carbocycles. The number of amides is 1. The number of fused-ring (bicyclic) bond motifs is 1. The smallest absolute Gasteiger partial charge is 0.268 e. The van der Waals surface area contributed by atoms with E-state index < -0.39 is 6.10 Å². The van der Waals surface area contributed by atoms with Crippen molar-refractivity contribution < 1.29 is 9.53 Å². The van der Waals surface area contributed by atoms with Crippen LogP contribution in [0.5, 0.6) is 5.75 Å². The highest BCUT2D eigenvalue weighted by molar-refractivity contribution is 6.03. The summed E-state index contributed by atoms with van der Waals surface area (Å²) in [6, 6.07) is 6.01. The predicted octanol–water partition coefficient (Wildman–Crippen LogP) is 1.79. The zero-order valence-corrected chi connectivity index (χ0v) is 13.3. The number of anilines is 2. The van der Waals surface area contributed by atoms with Gasteiger partial charge < -0.3 is 15.0 Å². The molecule has 22 heavy (non-hydrogen) atoms. The summed E-state index contributed by atoms with van der Waals surface area (Å²) in [6.07, 6.45) is -0.454. The standard InChI is InChI=1S/C17H23N3O2/c1-12(2)11-20-16-14(19-9-7-18-8-10-19)5-4-6-15(16)22-13(3)17(20)21/h4-6,13,18H,1,7-11H2,2-3H3. The molecule has 5 nitrogen and oxygen atoms in total. The van der Waals surface area contributed by atoms with Crippen molar-refractivity contribution >= 4 is 17.3 Å². The highest BCUT2D eigenvalue weighted by Gasteiger charge is 2.34. The first-order valence-electron chi connectivity index (χ1n) is 7.79. The van der Waals surface area contributed by atoms with E-state index in [4.69, 9.17) is 4.74 Å². The molecule has 1 atom stereocenters. The molecule has 0 saturated carbocycles. The molecule has 1 saturated heterocycles. The molecule has 2 heterocycles. The molecule has 1 aromatic carbocycles. The van der Waals surface area contributed by atoms with Crippen molar-refractivity contribution in [3.8, 4) is 5.75 Å². The first kappa shape index (κ1) is 14.9. The summed E-state index contributed by atoms with van der Waals surface area (Å²) in [5.41, 5.74) is 2.92. The summed E-state index contributed by atoms with van der Waals surface area (Å²) >= 11 is 0. The Morgan fingerprint density at radius 1 is 1.41 bits per heavy atom. The Morgan fingerprint density at radius 2 is 2.14 bits per heavy atom. The number of hydrogen-bond donors (Lipinski definition) is 1. The van der Waals surface area contributed by atoms with Crippen molar-refractivity contribution in [3.63, 3.8) is 0 Å². The molecule has 5 heteroatoms. The summed E-state index contributed by atoms with van der Waals surface area (Å²) in [7, 11) is 0. The van der Waals surface area contributed by atoms with Crippen molar-refractivity contribution in [2.45, 2.75) is 20.0 Å². The van der Waals surface area contributed by atoms with E-state index in [2.05, 4.69) is 22.9 Å². The third-order valence-electron chi connectivity index (χ3n) is 4.05. The lowest BCUT2D eigenvalue weighted by Crippen LogP contribution is -2.48. The van der Waals surface area contributed by atoms with Gasteiger partial charge >= 0.3 is 0 Å². The molecule has 0 radical (unpaired) electrons. The number of carbonyl (C=O) groups excluding carboxylic acids is 1. The van der Waals surface area contributed by atoms with Crippen LogP contribution in [0.25, 0.3) is 0 Å². The summed E-state index contributed by atoms with van der Waals surface area (Å²) in [4.78, 5) is 16.7. The second-order valence-corrected chi connectivity index (χ2v) is 6.00. The van der Waals surface area contributed by atoms with Gasteiger partial charge in [0.1, 0.15) is 11.4 Å². The van der Waals surface area contributed by atoms with Crippen LogP contribution in [0.1, 0.15) is 13.8 Å². The Hall–Kier alpha value is -2.01. The minimum absolute atomic E-state index is 0.00177. The van der Waals surface area contributed by atoms with Crippen LogP contribution in [0.4, 0.5) is 11.4 Å². The number of benzene rings is 1. The summed E-state index contributed by atoms with van der Waals surface area (Å²) in [5.74, 6) is 0.780. The molecular formula is C17H23N3O2. The topological polar surface area (TPSA) is 44.8 Å². The molecule has 1 unspecified atom stereocenters. The summed E-state index contributed by atoms with van der Waals surface area (Å²) in [5, 5.41) is 3.36. The quantitative estimate of drug-likeness (QED) is 0.865. The van der Waals surface area contributed by atoms with E-state index in [9.17, 15) is 4.79 Å². The van der Waals surface area contributed by atoms with E-state index in [-0.39, 0.29) is 5.91 Å². The van der Waals surface area contributed by atoms with Gasteiger partial charge in [-0.3, -0.25) is 9.69 Å². The first-order valence-corrected chi connectivity index (χ1v) is 7.79.